The van der Waals surface area contributed by atoms with Gasteiger partial charge in [-0.05, 0) is 12.8 Å². The number of aromatic nitrogens is 2. The first-order chi connectivity index (χ1) is 7.62. The number of rotatable bonds is 2. The van der Waals surface area contributed by atoms with Crippen LogP contribution in [0.2, 0.25) is 0 Å². The van der Waals surface area contributed by atoms with Gasteiger partial charge in [-0.15, -0.1) is 12.4 Å². The lowest BCUT2D eigenvalue weighted by atomic mass is 9.82. The topological polar surface area (TPSA) is 72.9 Å². The van der Waals surface area contributed by atoms with Crippen molar-refractivity contribution in [3.8, 4) is 0 Å². The van der Waals surface area contributed by atoms with E-state index in [1.165, 1.54) is 6.42 Å². The van der Waals surface area contributed by atoms with E-state index in [-0.39, 0.29) is 18.3 Å². The number of nitrogens with two attached hydrogens (primary N) is 1. The maximum Gasteiger partial charge on any atom is 0.245 e. The van der Waals surface area contributed by atoms with Crippen LogP contribution in [0.5, 0.6) is 0 Å². The second-order valence-electron chi connectivity index (χ2n) is 4.51. The minimum absolute atomic E-state index is 0. The SMILES string of the molecule is Cl.Cn1nccc1NC(=O)C1(N)CCCCC1. The van der Waals surface area contributed by atoms with Gasteiger partial charge in [0.25, 0.3) is 0 Å². The molecule has 1 fully saturated rings. The van der Waals surface area contributed by atoms with Gasteiger partial charge >= 0.3 is 0 Å². The van der Waals surface area contributed by atoms with Crippen molar-refractivity contribution in [2.24, 2.45) is 12.8 Å². The minimum Gasteiger partial charge on any atom is -0.317 e. The number of carbonyl (C=O) groups excluding carboxylic acids is 1. The molecule has 17 heavy (non-hydrogen) atoms. The number of aryl methyl sites for hydroxylation is 1. The molecule has 0 bridgehead atoms. The van der Waals surface area contributed by atoms with Crippen molar-refractivity contribution in [1.82, 2.24) is 9.78 Å². The van der Waals surface area contributed by atoms with Gasteiger partial charge in [-0.2, -0.15) is 5.10 Å². The Hall–Kier alpha value is -1.07. The molecular formula is C11H19ClN4O. The Kier molecular flexibility index (Phi) is 4.54. The van der Waals surface area contributed by atoms with Crippen LogP contribution in [0.4, 0.5) is 5.82 Å². The zero-order valence-electron chi connectivity index (χ0n) is 9.98. The lowest BCUT2D eigenvalue weighted by Crippen LogP contribution is -2.52. The van der Waals surface area contributed by atoms with E-state index in [0.29, 0.717) is 5.82 Å². The fraction of sp³-hybridized carbons (Fsp3) is 0.636. The van der Waals surface area contributed by atoms with Gasteiger partial charge in [0.05, 0.1) is 11.7 Å². The molecule has 1 aliphatic rings. The lowest BCUT2D eigenvalue weighted by Gasteiger charge is -2.31. The van der Waals surface area contributed by atoms with Crippen LogP contribution >= 0.6 is 12.4 Å². The molecule has 1 aromatic heterocycles. The van der Waals surface area contributed by atoms with Gasteiger partial charge in [-0.3, -0.25) is 9.48 Å². The molecular weight excluding hydrogens is 240 g/mol. The maximum absolute atomic E-state index is 12.1. The molecule has 0 aliphatic heterocycles. The summed E-state index contributed by atoms with van der Waals surface area (Å²) < 4.78 is 1.63. The van der Waals surface area contributed by atoms with Gasteiger partial charge in [0.2, 0.25) is 5.91 Å². The van der Waals surface area contributed by atoms with E-state index in [9.17, 15) is 4.79 Å². The second kappa shape index (κ2) is 5.51. The Labute approximate surface area is 107 Å². The van der Waals surface area contributed by atoms with Crippen LogP contribution in [0.15, 0.2) is 12.3 Å². The summed E-state index contributed by atoms with van der Waals surface area (Å²) in [5.41, 5.74) is 5.44. The average molecular weight is 259 g/mol. The smallest absolute Gasteiger partial charge is 0.245 e. The number of amides is 1. The predicted molar refractivity (Wildman–Crippen MR) is 69.1 cm³/mol. The van der Waals surface area contributed by atoms with Gasteiger partial charge < -0.3 is 11.1 Å². The number of nitrogens with zero attached hydrogens (tertiary/aromatic N) is 2. The molecule has 0 unspecified atom stereocenters. The van der Waals surface area contributed by atoms with Crippen LogP contribution in [0.25, 0.3) is 0 Å². The van der Waals surface area contributed by atoms with Gasteiger partial charge in [0, 0.05) is 13.1 Å². The Bertz CT molecular complexity index is 385. The highest BCUT2D eigenvalue weighted by atomic mass is 35.5. The Morgan fingerprint density at radius 2 is 2.12 bits per heavy atom. The van der Waals surface area contributed by atoms with E-state index >= 15 is 0 Å². The van der Waals surface area contributed by atoms with Crippen LogP contribution in [0.3, 0.4) is 0 Å². The molecule has 6 heteroatoms. The molecule has 0 spiro atoms. The highest BCUT2D eigenvalue weighted by Crippen LogP contribution is 2.27. The van der Waals surface area contributed by atoms with Crippen molar-refractivity contribution in [2.45, 2.75) is 37.6 Å². The van der Waals surface area contributed by atoms with Crippen LogP contribution in [-0.2, 0) is 11.8 Å². The summed E-state index contributed by atoms with van der Waals surface area (Å²) in [6, 6.07) is 1.77. The quantitative estimate of drug-likeness (QED) is 0.843. The van der Waals surface area contributed by atoms with E-state index in [2.05, 4.69) is 10.4 Å². The third kappa shape index (κ3) is 2.98. The van der Waals surface area contributed by atoms with E-state index in [4.69, 9.17) is 5.73 Å². The van der Waals surface area contributed by atoms with Crippen LogP contribution < -0.4 is 11.1 Å². The molecule has 3 N–H and O–H groups in total. The maximum atomic E-state index is 12.1. The molecule has 2 rings (SSSR count). The zero-order chi connectivity index (χ0) is 11.6. The third-order valence-electron chi connectivity index (χ3n) is 3.26. The van der Waals surface area contributed by atoms with E-state index in [0.717, 1.165) is 25.7 Å². The van der Waals surface area contributed by atoms with Gasteiger partial charge in [-0.1, -0.05) is 19.3 Å². The predicted octanol–water partition coefficient (Wildman–Crippen LogP) is 1.44. The van der Waals surface area contributed by atoms with Crippen LogP contribution in [0.1, 0.15) is 32.1 Å². The standard InChI is InChI=1S/C11H18N4O.ClH/c1-15-9(5-8-13-15)14-10(16)11(12)6-3-2-4-7-11;/h5,8H,2-4,6-7,12H2,1H3,(H,14,16);1H. The monoisotopic (exact) mass is 258 g/mol. The molecule has 5 nitrogen and oxygen atoms in total. The molecule has 1 heterocycles. The largest absolute Gasteiger partial charge is 0.317 e. The number of hydrogen-bond acceptors (Lipinski definition) is 3. The van der Waals surface area contributed by atoms with Crippen molar-refractivity contribution in [3.63, 3.8) is 0 Å². The zero-order valence-corrected chi connectivity index (χ0v) is 10.8. The number of halogens is 1. The minimum atomic E-state index is -0.692. The number of hydrogen-bond donors (Lipinski definition) is 2. The number of anilines is 1. The first-order valence-electron chi connectivity index (χ1n) is 5.70. The number of nitrogens with one attached hydrogen (secondary N) is 1. The summed E-state index contributed by atoms with van der Waals surface area (Å²) in [4.78, 5) is 12.1. The lowest BCUT2D eigenvalue weighted by molar-refractivity contribution is -0.122. The summed E-state index contributed by atoms with van der Waals surface area (Å²) in [7, 11) is 1.79. The van der Waals surface area contributed by atoms with Crippen molar-refractivity contribution in [3.05, 3.63) is 12.3 Å². The summed E-state index contributed by atoms with van der Waals surface area (Å²) in [5, 5.41) is 6.84. The van der Waals surface area contributed by atoms with Crippen LogP contribution in [0, 0.1) is 0 Å². The Balaban J connectivity index is 0.00000144. The molecule has 1 saturated carbocycles. The average Bonchev–Trinajstić information content (AvgIpc) is 2.65. The molecule has 1 aliphatic carbocycles. The molecule has 1 aromatic rings. The highest BCUT2D eigenvalue weighted by Gasteiger charge is 2.35. The summed E-state index contributed by atoms with van der Waals surface area (Å²) in [6.45, 7) is 0. The van der Waals surface area contributed by atoms with Crippen molar-refractivity contribution in [1.29, 1.82) is 0 Å². The van der Waals surface area contributed by atoms with Crippen LogP contribution in [-0.4, -0.2) is 21.2 Å². The normalized spacial score (nSPS) is 18.2. The first-order valence-corrected chi connectivity index (χ1v) is 5.70. The summed E-state index contributed by atoms with van der Waals surface area (Å²) in [5.74, 6) is 0.608. The van der Waals surface area contributed by atoms with E-state index in [1.54, 1.807) is 24.0 Å². The van der Waals surface area contributed by atoms with E-state index in [1.807, 2.05) is 0 Å². The molecule has 0 radical (unpaired) electrons. The first kappa shape index (κ1) is 14.0. The van der Waals surface area contributed by atoms with Gasteiger partial charge in [-0.25, -0.2) is 0 Å². The Morgan fingerprint density at radius 3 is 2.65 bits per heavy atom. The summed E-state index contributed by atoms with van der Waals surface area (Å²) >= 11 is 0. The highest BCUT2D eigenvalue weighted by molar-refractivity contribution is 5.97. The third-order valence-corrected chi connectivity index (χ3v) is 3.26. The molecule has 0 saturated heterocycles. The molecule has 0 atom stereocenters. The molecule has 96 valence electrons. The molecule has 1 amide bonds. The van der Waals surface area contributed by atoms with Crippen molar-refractivity contribution < 1.29 is 4.79 Å². The fourth-order valence-corrected chi connectivity index (χ4v) is 2.15. The van der Waals surface area contributed by atoms with Gasteiger partial charge in [0.1, 0.15) is 5.82 Å². The fourth-order valence-electron chi connectivity index (χ4n) is 2.15. The Morgan fingerprint density at radius 1 is 1.47 bits per heavy atom. The van der Waals surface area contributed by atoms with E-state index < -0.39 is 5.54 Å². The van der Waals surface area contributed by atoms with Crippen molar-refractivity contribution in [2.75, 3.05) is 5.32 Å². The second-order valence-corrected chi connectivity index (χ2v) is 4.51. The van der Waals surface area contributed by atoms with Crippen molar-refractivity contribution >= 4 is 24.1 Å². The van der Waals surface area contributed by atoms with Gasteiger partial charge in [0.15, 0.2) is 0 Å². The summed E-state index contributed by atoms with van der Waals surface area (Å²) in [6.07, 6.45) is 6.45. The molecule has 0 aromatic carbocycles. The number of carbonyl (C=O) groups is 1.